The highest BCUT2D eigenvalue weighted by Gasteiger charge is 2.20. The second-order valence-corrected chi connectivity index (χ2v) is 6.42. The maximum Gasteiger partial charge on any atom is 0.177 e. The van der Waals surface area contributed by atoms with Crippen LogP contribution in [0.25, 0.3) is 22.4 Å². The number of aryl methyl sites for hydroxylation is 2. The van der Waals surface area contributed by atoms with Crippen molar-refractivity contribution < 1.29 is 4.74 Å². The summed E-state index contributed by atoms with van der Waals surface area (Å²) in [6.45, 7) is 4.46. The molecular formula is C18H17ClN6O. The van der Waals surface area contributed by atoms with Crippen LogP contribution < -0.4 is 4.74 Å². The first-order valence-electron chi connectivity index (χ1n) is 8.10. The van der Waals surface area contributed by atoms with Crippen molar-refractivity contribution in [3.8, 4) is 17.0 Å². The normalized spacial score (nSPS) is 11.2. The lowest BCUT2D eigenvalue weighted by Gasteiger charge is -2.04. The Labute approximate surface area is 155 Å². The number of hydrogen-bond donors (Lipinski definition) is 1. The minimum absolute atomic E-state index is 0.335. The molecule has 26 heavy (non-hydrogen) atoms. The summed E-state index contributed by atoms with van der Waals surface area (Å²) >= 11 is 6.09. The summed E-state index contributed by atoms with van der Waals surface area (Å²) in [6, 6.07) is 7.86. The fourth-order valence-corrected chi connectivity index (χ4v) is 3.14. The third-order valence-corrected chi connectivity index (χ3v) is 4.45. The number of benzene rings is 1. The molecule has 1 aromatic carbocycles. The molecule has 0 amide bonds. The standard InChI is InChI=1S/C18H17ClN6O/c1-10-15(11(2)23-22-10)16-17-18(20-8-14(19)21-17)25(24-16)9-12-4-6-13(26-3)7-5-12/h4-8H,9H2,1-3H3,(H,22,23). The van der Waals surface area contributed by atoms with Gasteiger partial charge in [-0.3, -0.25) is 5.10 Å². The molecule has 0 radical (unpaired) electrons. The number of halogens is 1. The van der Waals surface area contributed by atoms with Crippen LogP contribution in [0.1, 0.15) is 17.0 Å². The van der Waals surface area contributed by atoms with Gasteiger partial charge < -0.3 is 4.74 Å². The van der Waals surface area contributed by atoms with Gasteiger partial charge in [-0.15, -0.1) is 0 Å². The van der Waals surface area contributed by atoms with E-state index in [1.807, 2.05) is 42.8 Å². The number of rotatable bonds is 4. The Morgan fingerprint density at radius 1 is 1.19 bits per heavy atom. The van der Waals surface area contributed by atoms with Crippen LogP contribution in [0.15, 0.2) is 30.5 Å². The lowest BCUT2D eigenvalue weighted by Crippen LogP contribution is -2.03. The number of aromatic nitrogens is 6. The third kappa shape index (κ3) is 2.80. The molecule has 0 fully saturated rings. The minimum Gasteiger partial charge on any atom is -0.497 e. The van der Waals surface area contributed by atoms with Crippen molar-refractivity contribution in [3.05, 3.63) is 52.6 Å². The number of nitrogens with zero attached hydrogens (tertiary/aromatic N) is 5. The molecule has 7 nitrogen and oxygen atoms in total. The Morgan fingerprint density at radius 2 is 1.96 bits per heavy atom. The number of hydrogen-bond acceptors (Lipinski definition) is 5. The number of aromatic amines is 1. The van der Waals surface area contributed by atoms with Crippen molar-refractivity contribution in [3.63, 3.8) is 0 Å². The van der Waals surface area contributed by atoms with E-state index in [0.29, 0.717) is 22.9 Å². The van der Waals surface area contributed by atoms with E-state index in [9.17, 15) is 0 Å². The maximum absolute atomic E-state index is 6.09. The van der Waals surface area contributed by atoms with Crippen molar-refractivity contribution in [1.82, 2.24) is 29.9 Å². The van der Waals surface area contributed by atoms with Crippen LogP contribution >= 0.6 is 11.6 Å². The summed E-state index contributed by atoms with van der Waals surface area (Å²) in [4.78, 5) is 8.91. The Hall–Kier alpha value is -2.93. The number of H-pyrrole nitrogens is 1. The van der Waals surface area contributed by atoms with Gasteiger partial charge in [0.15, 0.2) is 5.65 Å². The quantitative estimate of drug-likeness (QED) is 0.595. The van der Waals surface area contributed by atoms with Crippen molar-refractivity contribution in [1.29, 1.82) is 0 Å². The van der Waals surface area contributed by atoms with E-state index < -0.39 is 0 Å². The topological polar surface area (TPSA) is 81.5 Å². The van der Waals surface area contributed by atoms with Crippen LogP contribution in [-0.4, -0.2) is 37.1 Å². The van der Waals surface area contributed by atoms with E-state index in [0.717, 1.165) is 34.0 Å². The first-order chi connectivity index (χ1) is 12.6. The van der Waals surface area contributed by atoms with Gasteiger partial charge >= 0.3 is 0 Å². The summed E-state index contributed by atoms with van der Waals surface area (Å²) in [5, 5.41) is 12.4. The monoisotopic (exact) mass is 368 g/mol. The second-order valence-electron chi connectivity index (χ2n) is 6.03. The molecule has 8 heteroatoms. The Morgan fingerprint density at radius 3 is 2.62 bits per heavy atom. The van der Waals surface area contributed by atoms with E-state index in [-0.39, 0.29) is 0 Å². The molecule has 132 valence electrons. The summed E-state index contributed by atoms with van der Waals surface area (Å²) in [5.41, 5.74) is 5.88. The highest BCUT2D eigenvalue weighted by atomic mass is 35.5. The van der Waals surface area contributed by atoms with Crippen molar-refractivity contribution in [2.75, 3.05) is 7.11 Å². The van der Waals surface area contributed by atoms with Gasteiger partial charge in [0, 0.05) is 11.3 Å². The Bertz CT molecular complexity index is 1060. The molecule has 1 N–H and O–H groups in total. The summed E-state index contributed by atoms with van der Waals surface area (Å²) in [5.74, 6) is 0.816. The SMILES string of the molecule is COc1ccc(Cn2nc(-c3c(C)n[nH]c3C)c3nc(Cl)cnc32)cc1. The number of fused-ring (bicyclic) bond motifs is 1. The van der Waals surface area contributed by atoms with Crippen LogP contribution in [0.3, 0.4) is 0 Å². The van der Waals surface area contributed by atoms with Gasteiger partial charge in [-0.1, -0.05) is 23.7 Å². The molecular weight excluding hydrogens is 352 g/mol. The zero-order valence-corrected chi connectivity index (χ0v) is 15.4. The molecule has 0 bridgehead atoms. The lowest BCUT2D eigenvalue weighted by atomic mass is 10.1. The fourth-order valence-electron chi connectivity index (χ4n) is 3.01. The first kappa shape index (κ1) is 16.5. The molecule has 0 saturated heterocycles. The lowest BCUT2D eigenvalue weighted by molar-refractivity contribution is 0.414. The molecule has 4 rings (SSSR count). The van der Waals surface area contributed by atoms with E-state index in [1.54, 1.807) is 7.11 Å². The van der Waals surface area contributed by atoms with Gasteiger partial charge in [-0.05, 0) is 31.5 Å². The second kappa shape index (κ2) is 6.42. The Kier molecular flexibility index (Phi) is 4.08. The van der Waals surface area contributed by atoms with Gasteiger partial charge in [0.05, 0.1) is 25.5 Å². The van der Waals surface area contributed by atoms with Crippen LogP contribution in [0.2, 0.25) is 5.15 Å². The van der Waals surface area contributed by atoms with Gasteiger partial charge in [-0.2, -0.15) is 10.2 Å². The molecule has 4 aromatic rings. The Balaban J connectivity index is 1.85. The highest BCUT2D eigenvalue weighted by Crippen LogP contribution is 2.30. The van der Waals surface area contributed by atoms with Gasteiger partial charge in [0.25, 0.3) is 0 Å². The van der Waals surface area contributed by atoms with E-state index >= 15 is 0 Å². The smallest absolute Gasteiger partial charge is 0.177 e. The van der Waals surface area contributed by atoms with Crippen molar-refractivity contribution >= 4 is 22.8 Å². The number of methoxy groups -OCH3 is 1. The predicted octanol–water partition coefficient (Wildman–Crippen LogP) is 3.54. The molecule has 0 unspecified atom stereocenters. The van der Waals surface area contributed by atoms with Crippen LogP contribution in [0.4, 0.5) is 0 Å². The molecule has 3 heterocycles. The fraction of sp³-hybridized carbons (Fsp3) is 0.222. The first-order valence-corrected chi connectivity index (χ1v) is 8.48. The molecule has 0 aliphatic carbocycles. The predicted molar refractivity (Wildman–Crippen MR) is 99.5 cm³/mol. The molecule has 0 atom stereocenters. The summed E-state index contributed by atoms with van der Waals surface area (Å²) in [7, 11) is 1.65. The van der Waals surface area contributed by atoms with E-state index in [4.69, 9.17) is 21.4 Å². The van der Waals surface area contributed by atoms with Gasteiger partial charge in [0.1, 0.15) is 22.1 Å². The zero-order chi connectivity index (χ0) is 18.3. The van der Waals surface area contributed by atoms with Crippen LogP contribution in [-0.2, 0) is 6.54 Å². The van der Waals surface area contributed by atoms with Crippen molar-refractivity contribution in [2.45, 2.75) is 20.4 Å². The zero-order valence-electron chi connectivity index (χ0n) is 14.6. The summed E-state index contributed by atoms with van der Waals surface area (Å²) in [6.07, 6.45) is 1.54. The molecule has 3 aromatic heterocycles. The number of nitrogens with one attached hydrogen (secondary N) is 1. The van der Waals surface area contributed by atoms with E-state index in [1.165, 1.54) is 6.20 Å². The van der Waals surface area contributed by atoms with Crippen molar-refractivity contribution in [2.24, 2.45) is 0 Å². The molecule has 0 aliphatic rings. The summed E-state index contributed by atoms with van der Waals surface area (Å²) < 4.78 is 7.05. The van der Waals surface area contributed by atoms with Crippen LogP contribution in [0, 0.1) is 13.8 Å². The molecule has 0 aliphatic heterocycles. The van der Waals surface area contributed by atoms with E-state index in [2.05, 4.69) is 20.2 Å². The largest absolute Gasteiger partial charge is 0.497 e. The average Bonchev–Trinajstić information content (AvgIpc) is 3.15. The average molecular weight is 369 g/mol. The van der Waals surface area contributed by atoms with Gasteiger partial charge in [0.2, 0.25) is 0 Å². The minimum atomic E-state index is 0.335. The van der Waals surface area contributed by atoms with Gasteiger partial charge in [-0.25, -0.2) is 14.6 Å². The maximum atomic E-state index is 6.09. The highest BCUT2D eigenvalue weighted by molar-refractivity contribution is 6.29. The number of ether oxygens (including phenoxy) is 1. The molecule has 0 spiro atoms. The van der Waals surface area contributed by atoms with Crippen LogP contribution in [0.5, 0.6) is 5.75 Å². The third-order valence-electron chi connectivity index (χ3n) is 4.27. The molecule has 0 saturated carbocycles.